The van der Waals surface area contributed by atoms with Crippen LogP contribution in [0.3, 0.4) is 0 Å². The van der Waals surface area contributed by atoms with Gasteiger partial charge in [0.05, 0.1) is 0 Å². The van der Waals surface area contributed by atoms with Gasteiger partial charge in [-0.2, -0.15) is 0 Å². The van der Waals surface area contributed by atoms with Gasteiger partial charge in [0.15, 0.2) is 6.61 Å². The third-order valence-corrected chi connectivity index (χ3v) is 3.19. The van der Waals surface area contributed by atoms with Gasteiger partial charge in [0.2, 0.25) is 0 Å². The van der Waals surface area contributed by atoms with Crippen molar-refractivity contribution in [2.45, 2.75) is 0 Å². The van der Waals surface area contributed by atoms with Crippen LogP contribution in [0, 0.1) is 5.82 Å². The first-order chi connectivity index (χ1) is 11.4. The molecule has 0 spiro atoms. The van der Waals surface area contributed by atoms with E-state index in [0.29, 0.717) is 21.3 Å². The number of amides is 1. The molecule has 0 aliphatic heterocycles. The zero-order chi connectivity index (χ0) is 17.5. The lowest BCUT2D eigenvalue weighted by molar-refractivity contribution is -0.142. The van der Waals surface area contributed by atoms with Crippen molar-refractivity contribution in [1.82, 2.24) is 0 Å². The van der Waals surface area contributed by atoms with Crippen LogP contribution in [0.5, 0.6) is 0 Å². The molecule has 1 amide bonds. The molecule has 0 unspecified atom stereocenters. The Labute approximate surface area is 147 Å². The largest absolute Gasteiger partial charge is 0.452 e. The van der Waals surface area contributed by atoms with Gasteiger partial charge in [-0.1, -0.05) is 35.3 Å². The van der Waals surface area contributed by atoms with Gasteiger partial charge in [-0.25, -0.2) is 9.18 Å². The molecule has 24 heavy (non-hydrogen) atoms. The van der Waals surface area contributed by atoms with E-state index in [4.69, 9.17) is 27.9 Å². The van der Waals surface area contributed by atoms with Crippen LogP contribution in [0.1, 0.15) is 5.56 Å². The van der Waals surface area contributed by atoms with Gasteiger partial charge < -0.3 is 10.1 Å². The minimum Gasteiger partial charge on any atom is -0.452 e. The van der Waals surface area contributed by atoms with Crippen molar-refractivity contribution in [2.24, 2.45) is 0 Å². The second kappa shape index (κ2) is 8.47. The molecule has 0 saturated carbocycles. The Morgan fingerprint density at radius 3 is 2.50 bits per heavy atom. The summed E-state index contributed by atoms with van der Waals surface area (Å²) in [4.78, 5) is 23.3. The summed E-state index contributed by atoms with van der Waals surface area (Å²) in [6, 6.07) is 10.2. The van der Waals surface area contributed by atoms with Crippen LogP contribution in [-0.2, 0) is 14.3 Å². The van der Waals surface area contributed by atoms with Crippen LogP contribution in [-0.4, -0.2) is 18.5 Å². The summed E-state index contributed by atoms with van der Waals surface area (Å²) >= 11 is 11.6. The van der Waals surface area contributed by atoms with Crippen molar-refractivity contribution in [3.8, 4) is 0 Å². The van der Waals surface area contributed by atoms with E-state index in [2.05, 4.69) is 5.32 Å². The van der Waals surface area contributed by atoms with E-state index in [1.807, 2.05) is 0 Å². The molecule has 0 saturated heterocycles. The van der Waals surface area contributed by atoms with E-state index in [1.54, 1.807) is 6.07 Å². The Balaban J connectivity index is 1.83. The zero-order valence-electron chi connectivity index (χ0n) is 12.3. The molecular formula is C17H12Cl2FNO3. The van der Waals surface area contributed by atoms with Gasteiger partial charge in [0, 0.05) is 21.8 Å². The van der Waals surface area contributed by atoms with Crippen molar-refractivity contribution in [2.75, 3.05) is 11.9 Å². The first-order valence-electron chi connectivity index (χ1n) is 6.79. The Hall–Kier alpha value is -2.37. The van der Waals surface area contributed by atoms with E-state index >= 15 is 0 Å². The quantitative estimate of drug-likeness (QED) is 0.632. The molecule has 0 bridgehead atoms. The fourth-order valence-corrected chi connectivity index (χ4v) is 2.31. The fraction of sp³-hybridized carbons (Fsp3) is 0.0588. The Kier molecular flexibility index (Phi) is 6.35. The van der Waals surface area contributed by atoms with Crippen molar-refractivity contribution in [3.05, 3.63) is 70.0 Å². The Morgan fingerprint density at radius 2 is 1.83 bits per heavy atom. The molecule has 0 heterocycles. The number of ether oxygens (including phenoxy) is 1. The minimum absolute atomic E-state index is 0.368. The molecule has 0 fully saturated rings. The monoisotopic (exact) mass is 367 g/mol. The lowest BCUT2D eigenvalue weighted by atomic mass is 10.2. The van der Waals surface area contributed by atoms with E-state index in [-0.39, 0.29) is 0 Å². The van der Waals surface area contributed by atoms with Gasteiger partial charge in [-0.05, 0) is 42.0 Å². The first-order valence-corrected chi connectivity index (χ1v) is 7.54. The van der Waals surface area contributed by atoms with Gasteiger partial charge in [-0.3, -0.25) is 4.79 Å². The zero-order valence-corrected chi connectivity index (χ0v) is 13.8. The third-order valence-electron chi connectivity index (χ3n) is 2.75. The van der Waals surface area contributed by atoms with Gasteiger partial charge in [-0.15, -0.1) is 0 Å². The number of carbonyl (C=O) groups excluding carboxylic acids is 2. The van der Waals surface area contributed by atoms with Crippen molar-refractivity contribution in [1.29, 1.82) is 0 Å². The molecule has 2 rings (SSSR count). The molecule has 0 atom stereocenters. The number of anilines is 1. The second-order valence-corrected chi connectivity index (χ2v) is 5.58. The number of hydrogen-bond donors (Lipinski definition) is 1. The summed E-state index contributed by atoms with van der Waals surface area (Å²) in [5.41, 5.74) is 0.897. The highest BCUT2D eigenvalue weighted by atomic mass is 35.5. The number of benzene rings is 2. The fourth-order valence-electron chi connectivity index (χ4n) is 1.78. The maximum atomic E-state index is 13.0. The smallest absolute Gasteiger partial charge is 0.331 e. The molecule has 0 aliphatic carbocycles. The number of esters is 1. The number of rotatable bonds is 5. The predicted octanol–water partition coefficient (Wildman–Crippen LogP) is 4.33. The maximum absolute atomic E-state index is 13.0. The standard InChI is InChI=1S/C17H12Cl2FNO3/c18-12-7-13(19)9-15(8-12)21-16(22)10-24-17(23)5-4-11-2-1-3-14(20)6-11/h1-9H,10H2,(H,21,22)/b5-4+. The molecule has 2 aromatic carbocycles. The predicted molar refractivity (Wildman–Crippen MR) is 91.5 cm³/mol. The molecule has 124 valence electrons. The van der Waals surface area contributed by atoms with Crippen LogP contribution in [0.15, 0.2) is 48.5 Å². The summed E-state index contributed by atoms with van der Waals surface area (Å²) in [6.45, 7) is -0.476. The van der Waals surface area contributed by atoms with Crippen LogP contribution in [0.4, 0.5) is 10.1 Å². The summed E-state index contributed by atoms with van der Waals surface area (Å²) in [6.07, 6.45) is 2.50. The van der Waals surface area contributed by atoms with Crippen molar-refractivity contribution >= 4 is 46.8 Å². The molecule has 0 aliphatic rings. The van der Waals surface area contributed by atoms with Crippen LogP contribution >= 0.6 is 23.2 Å². The van der Waals surface area contributed by atoms with Gasteiger partial charge >= 0.3 is 5.97 Å². The lowest BCUT2D eigenvalue weighted by Gasteiger charge is -2.06. The van der Waals surface area contributed by atoms with Crippen molar-refractivity contribution in [3.63, 3.8) is 0 Å². The number of nitrogens with one attached hydrogen (secondary N) is 1. The Morgan fingerprint density at radius 1 is 1.12 bits per heavy atom. The second-order valence-electron chi connectivity index (χ2n) is 4.70. The molecular weight excluding hydrogens is 356 g/mol. The summed E-state index contributed by atoms with van der Waals surface area (Å²) in [5, 5.41) is 3.24. The lowest BCUT2D eigenvalue weighted by Crippen LogP contribution is -2.20. The molecule has 1 N–H and O–H groups in total. The molecule has 0 radical (unpaired) electrons. The molecule has 2 aromatic rings. The highest BCUT2D eigenvalue weighted by Crippen LogP contribution is 2.22. The van der Waals surface area contributed by atoms with E-state index in [0.717, 1.165) is 6.08 Å². The van der Waals surface area contributed by atoms with Crippen LogP contribution in [0.2, 0.25) is 10.0 Å². The van der Waals surface area contributed by atoms with E-state index in [1.165, 1.54) is 42.5 Å². The third kappa shape index (κ3) is 6.02. The maximum Gasteiger partial charge on any atom is 0.331 e. The van der Waals surface area contributed by atoms with Crippen LogP contribution in [0.25, 0.3) is 6.08 Å². The molecule has 4 nitrogen and oxygen atoms in total. The topological polar surface area (TPSA) is 55.4 Å². The highest BCUT2D eigenvalue weighted by Gasteiger charge is 2.07. The summed E-state index contributed by atoms with van der Waals surface area (Å²) in [5.74, 6) is -1.68. The Bertz CT molecular complexity index is 773. The molecule has 0 aromatic heterocycles. The minimum atomic E-state index is -0.724. The van der Waals surface area contributed by atoms with Gasteiger partial charge in [0.1, 0.15) is 5.82 Å². The van der Waals surface area contributed by atoms with Crippen LogP contribution < -0.4 is 5.32 Å². The first kappa shape index (κ1) is 18.0. The van der Waals surface area contributed by atoms with Crippen molar-refractivity contribution < 1.29 is 18.7 Å². The summed E-state index contributed by atoms with van der Waals surface area (Å²) < 4.78 is 17.8. The number of carbonyl (C=O) groups is 2. The number of halogens is 3. The molecule has 7 heteroatoms. The SMILES string of the molecule is O=C(COC(=O)/C=C/c1cccc(F)c1)Nc1cc(Cl)cc(Cl)c1. The average molecular weight is 368 g/mol. The normalized spacial score (nSPS) is 10.6. The van der Waals surface area contributed by atoms with E-state index in [9.17, 15) is 14.0 Å². The average Bonchev–Trinajstić information content (AvgIpc) is 2.50. The highest BCUT2D eigenvalue weighted by molar-refractivity contribution is 6.35. The van der Waals surface area contributed by atoms with Gasteiger partial charge in [0.25, 0.3) is 5.91 Å². The summed E-state index contributed by atoms with van der Waals surface area (Å²) in [7, 11) is 0. The van der Waals surface area contributed by atoms with E-state index < -0.39 is 24.3 Å². The number of hydrogen-bond acceptors (Lipinski definition) is 3.